The summed E-state index contributed by atoms with van der Waals surface area (Å²) in [7, 11) is 1.66. The van der Waals surface area contributed by atoms with Crippen LogP contribution in [0.2, 0.25) is 0 Å². The Labute approximate surface area is 224 Å². The zero-order valence-corrected chi connectivity index (χ0v) is 21.6. The van der Waals surface area contributed by atoms with Gasteiger partial charge in [-0.1, -0.05) is 42.8 Å². The van der Waals surface area contributed by atoms with Crippen LogP contribution in [0.5, 0.6) is 0 Å². The SMILES string of the molecule is CC(CC(=O)O)N1C(=O)c2cc(CCCCCN)ccc2N(C)C(=O)C1c1ccccc1.O=C(O)C(F)(F)F. The number of hydrogen-bond acceptors (Lipinski definition) is 5. The van der Waals surface area contributed by atoms with Crippen molar-refractivity contribution in [3.05, 3.63) is 65.2 Å². The second kappa shape index (κ2) is 13.7. The number of rotatable bonds is 9. The molecule has 0 spiro atoms. The fourth-order valence-corrected chi connectivity index (χ4v) is 4.27. The molecule has 2 atom stereocenters. The summed E-state index contributed by atoms with van der Waals surface area (Å²) in [6, 6.07) is 13.1. The van der Waals surface area contributed by atoms with Crippen LogP contribution in [0.25, 0.3) is 0 Å². The molecule has 212 valence electrons. The molecule has 0 bridgehead atoms. The summed E-state index contributed by atoms with van der Waals surface area (Å²) < 4.78 is 31.7. The maximum absolute atomic E-state index is 13.8. The van der Waals surface area contributed by atoms with E-state index < -0.39 is 30.2 Å². The number of anilines is 1. The number of alkyl halides is 3. The Hall–Kier alpha value is -3.93. The van der Waals surface area contributed by atoms with Crippen molar-refractivity contribution in [2.75, 3.05) is 18.5 Å². The van der Waals surface area contributed by atoms with Crippen molar-refractivity contribution in [3.63, 3.8) is 0 Å². The van der Waals surface area contributed by atoms with Crippen LogP contribution in [0.1, 0.15) is 60.1 Å². The lowest BCUT2D eigenvalue weighted by molar-refractivity contribution is -0.192. The molecule has 3 rings (SSSR count). The molecule has 2 aromatic rings. The summed E-state index contributed by atoms with van der Waals surface area (Å²) >= 11 is 0. The molecule has 0 fully saturated rings. The molecular formula is C27H32F3N3O6. The van der Waals surface area contributed by atoms with E-state index in [4.69, 9.17) is 15.6 Å². The Morgan fingerprint density at radius 1 is 1.03 bits per heavy atom. The number of halogens is 3. The second-order valence-corrected chi connectivity index (χ2v) is 9.12. The summed E-state index contributed by atoms with van der Waals surface area (Å²) in [6.07, 6.45) is -1.59. The summed E-state index contributed by atoms with van der Waals surface area (Å²) in [5.41, 5.74) is 8.21. The smallest absolute Gasteiger partial charge is 0.481 e. The molecule has 0 radical (unpaired) electrons. The first-order valence-electron chi connectivity index (χ1n) is 12.3. The molecule has 2 unspecified atom stereocenters. The maximum atomic E-state index is 13.8. The average Bonchev–Trinajstić information content (AvgIpc) is 2.95. The first-order chi connectivity index (χ1) is 18.3. The maximum Gasteiger partial charge on any atom is 0.490 e. The number of benzene rings is 2. The molecule has 1 aliphatic heterocycles. The molecule has 2 aromatic carbocycles. The number of hydrogen-bond donors (Lipinski definition) is 3. The topological polar surface area (TPSA) is 141 Å². The molecule has 1 heterocycles. The van der Waals surface area contributed by atoms with E-state index in [1.807, 2.05) is 36.4 Å². The monoisotopic (exact) mass is 551 g/mol. The lowest BCUT2D eigenvalue weighted by atomic mass is 10.00. The van der Waals surface area contributed by atoms with Gasteiger partial charge in [-0.25, -0.2) is 4.79 Å². The third-order valence-corrected chi connectivity index (χ3v) is 6.20. The number of carboxylic acid groups (broad SMARTS) is 2. The predicted octanol–water partition coefficient (Wildman–Crippen LogP) is 4.01. The molecule has 1 aliphatic rings. The third kappa shape index (κ3) is 8.28. The van der Waals surface area contributed by atoms with Gasteiger partial charge in [0.15, 0.2) is 0 Å². The second-order valence-electron chi connectivity index (χ2n) is 9.12. The predicted molar refractivity (Wildman–Crippen MR) is 137 cm³/mol. The van der Waals surface area contributed by atoms with Crippen molar-refractivity contribution in [3.8, 4) is 0 Å². The summed E-state index contributed by atoms with van der Waals surface area (Å²) in [4.78, 5) is 50.7. The molecule has 0 saturated carbocycles. The lowest BCUT2D eigenvalue weighted by Gasteiger charge is -2.34. The summed E-state index contributed by atoms with van der Waals surface area (Å²) in [6.45, 7) is 2.34. The highest BCUT2D eigenvalue weighted by Gasteiger charge is 2.42. The molecule has 9 nitrogen and oxygen atoms in total. The van der Waals surface area contributed by atoms with Crippen LogP contribution >= 0.6 is 0 Å². The van der Waals surface area contributed by atoms with Gasteiger partial charge < -0.3 is 25.7 Å². The highest BCUT2D eigenvalue weighted by atomic mass is 19.4. The number of carbonyl (C=O) groups is 4. The van der Waals surface area contributed by atoms with Gasteiger partial charge in [0.05, 0.1) is 17.7 Å². The van der Waals surface area contributed by atoms with Crippen LogP contribution < -0.4 is 10.6 Å². The Kier molecular flexibility index (Phi) is 11.0. The average molecular weight is 552 g/mol. The Balaban J connectivity index is 0.000000673. The lowest BCUT2D eigenvalue weighted by Crippen LogP contribution is -2.46. The minimum Gasteiger partial charge on any atom is -0.481 e. The van der Waals surface area contributed by atoms with Crippen LogP contribution in [0, 0.1) is 0 Å². The van der Waals surface area contributed by atoms with Crippen LogP contribution in [-0.2, 0) is 20.8 Å². The van der Waals surface area contributed by atoms with E-state index in [-0.39, 0.29) is 18.2 Å². The van der Waals surface area contributed by atoms with Gasteiger partial charge in [-0.05, 0) is 56.0 Å². The van der Waals surface area contributed by atoms with Crippen molar-refractivity contribution < 1.29 is 42.6 Å². The van der Waals surface area contributed by atoms with Gasteiger partial charge in [0, 0.05) is 13.1 Å². The number of nitrogens with two attached hydrogens (primary N) is 1. The van der Waals surface area contributed by atoms with Gasteiger partial charge in [0.2, 0.25) is 0 Å². The number of carboxylic acids is 2. The molecule has 0 aromatic heterocycles. The molecule has 0 saturated heterocycles. The number of fused-ring (bicyclic) bond motifs is 1. The number of nitrogens with zero attached hydrogens (tertiary/aromatic N) is 2. The zero-order valence-electron chi connectivity index (χ0n) is 21.6. The van der Waals surface area contributed by atoms with E-state index in [9.17, 15) is 32.7 Å². The van der Waals surface area contributed by atoms with Crippen molar-refractivity contribution in [2.45, 2.75) is 57.3 Å². The first kappa shape index (κ1) is 31.3. The molecule has 4 N–H and O–H groups in total. The fraction of sp³-hybridized carbons (Fsp3) is 0.407. The van der Waals surface area contributed by atoms with E-state index in [1.165, 1.54) is 9.80 Å². The van der Waals surface area contributed by atoms with Gasteiger partial charge in [-0.15, -0.1) is 0 Å². The van der Waals surface area contributed by atoms with Crippen molar-refractivity contribution in [2.24, 2.45) is 5.73 Å². The minimum absolute atomic E-state index is 0.250. The molecule has 12 heteroatoms. The number of aliphatic carboxylic acids is 2. The summed E-state index contributed by atoms with van der Waals surface area (Å²) in [5, 5.41) is 16.5. The largest absolute Gasteiger partial charge is 0.490 e. The van der Waals surface area contributed by atoms with Crippen molar-refractivity contribution in [1.82, 2.24) is 4.90 Å². The zero-order chi connectivity index (χ0) is 29.3. The van der Waals surface area contributed by atoms with E-state index in [2.05, 4.69) is 0 Å². The van der Waals surface area contributed by atoms with Gasteiger partial charge in [-0.2, -0.15) is 13.2 Å². The number of carbonyl (C=O) groups excluding carboxylic acids is 2. The fourth-order valence-electron chi connectivity index (χ4n) is 4.27. The molecule has 39 heavy (non-hydrogen) atoms. The van der Waals surface area contributed by atoms with Crippen molar-refractivity contribution in [1.29, 1.82) is 0 Å². The van der Waals surface area contributed by atoms with E-state index >= 15 is 0 Å². The minimum atomic E-state index is -5.08. The third-order valence-electron chi connectivity index (χ3n) is 6.20. The van der Waals surface area contributed by atoms with Gasteiger partial charge >= 0.3 is 18.1 Å². The van der Waals surface area contributed by atoms with Gasteiger partial charge in [0.25, 0.3) is 11.8 Å². The first-order valence-corrected chi connectivity index (χ1v) is 12.3. The molecule has 0 aliphatic carbocycles. The van der Waals surface area contributed by atoms with Gasteiger partial charge in [0.1, 0.15) is 6.04 Å². The Bertz CT molecular complexity index is 1170. The van der Waals surface area contributed by atoms with Gasteiger partial charge in [-0.3, -0.25) is 14.4 Å². The van der Waals surface area contributed by atoms with Crippen LogP contribution in [0.4, 0.5) is 18.9 Å². The number of likely N-dealkylation sites (N-methyl/N-ethyl adjacent to an activating group) is 1. The summed E-state index contributed by atoms with van der Waals surface area (Å²) in [5.74, 6) is -4.37. The normalized spacial score (nSPS) is 16.1. The highest BCUT2D eigenvalue weighted by molar-refractivity contribution is 6.11. The number of amides is 2. The standard InChI is InChI=1S/C25H31N3O4.C2HF3O2/c1-17(15-22(29)30)28-23(19-10-6-3-7-11-19)25(32)27(2)21-13-12-18(9-5-4-8-14-26)16-20(21)24(28)31;3-2(4,5)1(6)7/h3,6-7,10-13,16-17,23H,4-5,8-9,14-15,26H2,1-2H3,(H,29,30);(H,6,7). The van der Waals surface area contributed by atoms with Crippen LogP contribution in [0.3, 0.4) is 0 Å². The van der Waals surface area contributed by atoms with E-state index in [0.29, 0.717) is 23.4 Å². The molecule has 2 amide bonds. The quantitative estimate of drug-likeness (QED) is 0.400. The highest BCUT2D eigenvalue weighted by Crippen LogP contribution is 2.36. The van der Waals surface area contributed by atoms with E-state index in [1.54, 1.807) is 26.1 Å². The van der Waals surface area contributed by atoms with Crippen LogP contribution in [-0.4, -0.2) is 64.7 Å². The Morgan fingerprint density at radius 3 is 2.18 bits per heavy atom. The van der Waals surface area contributed by atoms with Crippen LogP contribution in [0.15, 0.2) is 48.5 Å². The number of unbranched alkanes of at least 4 members (excludes halogenated alkanes) is 2. The van der Waals surface area contributed by atoms with Crippen molar-refractivity contribution >= 4 is 29.4 Å². The van der Waals surface area contributed by atoms with E-state index in [0.717, 1.165) is 31.2 Å². The molecular weight excluding hydrogens is 519 g/mol. The Morgan fingerprint density at radius 2 is 1.64 bits per heavy atom. The number of aryl methyl sites for hydroxylation is 1.